The lowest BCUT2D eigenvalue weighted by atomic mass is 9.82. The molecule has 0 amide bonds. The van der Waals surface area contributed by atoms with E-state index >= 15 is 0 Å². The Morgan fingerprint density at radius 2 is 0.625 bits per heavy atom. The molecule has 0 atom stereocenters. The van der Waals surface area contributed by atoms with Crippen molar-refractivity contribution in [3.05, 3.63) is 211 Å². The van der Waals surface area contributed by atoms with Crippen molar-refractivity contribution in [1.29, 1.82) is 0 Å². The van der Waals surface area contributed by atoms with Crippen LogP contribution in [0.25, 0.3) is 44.5 Å². The van der Waals surface area contributed by atoms with Gasteiger partial charge in [0.25, 0.3) is 0 Å². The summed E-state index contributed by atoms with van der Waals surface area (Å²) in [5.74, 6) is -4.49. The lowest BCUT2D eigenvalue weighted by Gasteiger charge is -2.29. The minimum atomic E-state index is -1.02. The summed E-state index contributed by atoms with van der Waals surface area (Å²) in [6, 6.07) is 68.0. The number of hydrogen-bond acceptors (Lipinski definition) is 7. The van der Waals surface area contributed by atoms with Crippen molar-refractivity contribution in [1.82, 2.24) is 0 Å². The molecule has 0 spiro atoms. The highest BCUT2D eigenvalue weighted by Crippen LogP contribution is 2.59. The largest absolute Gasteiger partial charge is 0.503 e. The molecule has 312 valence electrons. The summed E-state index contributed by atoms with van der Waals surface area (Å²) in [5, 5.41) is 54.3. The number of fused-ring (bicyclic) bond motifs is 3. The van der Waals surface area contributed by atoms with Crippen LogP contribution in [0, 0.1) is 0 Å². The molecule has 0 radical (unpaired) electrons. The lowest BCUT2D eigenvalue weighted by molar-refractivity contribution is 0.329. The van der Waals surface area contributed by atoms with Crippen molar-refractivity contribution in [2.45, 2.75) is 19.3 Å². The third-order valence-corrected chi connectivity index (χ3v) is 12.4. The Kier molecular flexibility index (Phi) is 9.80. The first-order valence-electron chi connectivity index (χ1n) is 21.1. The Morgan fingerprint density at radius 3 is 1.06 bits per heavy atom. The first-order chi connectivity index (χ1) is 31.1. The Balaban J connectivity index is 1.01. The normalized spacial score (nSPS) is 12.3. The topological polar surface area (TPSA) is 108 Å². The number of phenolic OH excluding ortho intramolecular Hbond substituents is 5. The van der Waals surface area contributed by atoms with Gasteiger partial charge in [-0.1, -0.05) is 153 Å². The van der Waals surface area contributed by atoms with Gasteiger partial charge in [-0.15, -0.1) is 0 Å². The second-order valence-electron chi connectivity index (χ2n) is 16.6. The van der Waals surface area contributed by atoms with Crippen molar-refractivity contribution < 1.29 is 25.5 Å². The molecule has 64 heavy (non-hydrogen) atoms. The Labute approximate surface area is 371 Å². The van der Waals surface area contributed by atoms with E-state index in [2.05, 4.69) is 128 Å². The predicted octanol–water partition coefficient (Wildman–Crippen LogP) is 14.5. The summed E-state index contributed by atoms with van der Waals surface area (Å²) in [7, 11) is 0. The molecule has 0 unspecified atom stereocenters. The van der Waals surface area contributed by atoms with Crippen LogP contribution < -0.4 is 9.80 Å². The summed E-state index contributed by atoms with van der Waals surface area (Å²) < 4.78 is 0. The molecule has 0 aromatic heterocycles. The zero-order chi connectivity index (χ0) is 44.1. The van der Waals surface area contributed by atoms with Crippen LogP contribution in [0.4, 0.5) is 34.1 Å². The Bertz CT molecular complexity index is 3040. The van der Waals surface area contributed by atoms with Crippen molar-refractivity contribution in [2.75, 3.05) is 9.80 Å². The molecule has 9 aromatic carbocycles. The highest BCUT2D eigenvalue weighted by atomic mass is 16.4. The number of nitrogens with zero attached hydrogens (tertiary/aromatic N) is 2. The highest BCUT2D eigenvalue weighted by molar-refractivity contribution is 5.92. The fourth-order valence-corrected chi connectivity index (χ4v) is 9.04. The van der Waals surface area contributed by atoms with Crippen LogP contribution in [0.15, 0.2) is 200 Å². The van der Waals surface area contributed by atoms with Gasteiger partial charge in [-0.2, -0.15) is 0 Å². The van der Waals surface area contributed by atoms with E-state index in [1.54, 1.807) is 4.90 Å². The molecular formula is C57H44N2O5. The van der Waals surface area contributed by atoms with E-state index in [1.807, 2.05) is 91.0 Å². The van der Waals surface area contributed by atoms with Gasteiger partial charge in [0.05, 0.1) is 0 Å². The van der Waals surface area contributed by atoms with Gasteiger partial charge in [0.15, 0.2) is 11.5 Å². The number of aromatic hydroxyl groups is 5. The molecule has 7 heteroatoms. The van der Waals surface area contributed by atoms with Gasteiger partial charge in [0, 0.05) is 33.9 Å². The van der Waals surface area contributed by atoms with E-state index < -0.39 is 28.7 Å². The molecule has 0 heterocycles. The minimum absolute atomic E-state index is 0.285. The zero-order valence-corrected chi connectivity index (χ0v) is 35.2. The van der Waals surface area contributed by atoms with Gasteiger partial charge in [-0.05, 0) is 116 Å². The summed E-state index contributed by atoms with van der Waals surface area (Å²) in [6.07, 6.45) is 0. The SMILES string of the molecule is CC1(C)c2ccccc2-c2ccc(N(c3ccc(-c4ccc(N(c5ccc(-c6ccccc6)cc5)c5ccc(-c6ccccc6)cc5)cc4)cc3)c3c(O)c(O)c(O)c(O)c3O)cc21. The first kappa shape index (κ1) is 39.7. The quantitative estimate of drug-likeness (QED) is 0.0728. The monoisotopic (exact) mass is 836 g/mol. The van der Waals surface area contributed by atoms with Gasteiger partial charge in [-0.25, -0.2) is 0 Å². The predicted molar refractivity (Wildman–Crippen MR) is 258 cm³/mol. The first-order valence-corrected chi connectivity index (χ1v) is 21.1. The van der Waals surface area contributed by atoms with Gasteiger partial charge >= 0.3 is 0 Å². The average Bonchev–Trinajstić information content (AvgIpc) is 3.58. The highest BCUT2D eigenvalue weighted by Gasteiger charge is 2.37. The molecule has 7 nitrogen and oxygen atoms in total. The van der Waals surface area contributed by atoms with Crippen LogP contribution in [-0.4, -0.2) is 25.5 Å². The van der Waals surface area contributed by atoms with Crippen molar-refractivity contribution >= 4 is 34.1 Å². The van der Waals surface area contributed by atoms with E-state index in [0.29, 0.717) is 11.4 Å². The van der Waals surface area contributed by atoms with E-state index in [0.717, 1.165) is 67.1 Å². The molecule has 9 aromatic rings. The van der Waals surface area contributed by atoms with Crippen LogP contribution in [0.3, 0.4) is 0 Å². The van der Waals surface area contributed by atoms with E-state index in [9.17, 15) is 25.5 Å². The molecule has 0 saturated heterocycles. The Morgan fingerprint density at radius 1 is 0.297 bits per heavy atom. The van der Waals surface area contributed by atoms with Gasteiger partial charge in [0.2, 0.25) is 17.2 Å². The number of anilines is 6. The van der Waals surface area contributed by atoms with Gasteiger partial charge in [0.1, 0.15) is 5.69 Å². The second-order valence-corrected chi connectivity index (χ2v) is 16.6. The lowest BCUT2D eigenvalue weighted by Crippen LogP contribution is -2.16. The maximum atomic E-state index is 11.3. The van der Waals surface area contributed by atoms with Crippen molar-refractivity contribution in [2.24, 2.45) is 0 Å². The molecule has 1 aliphatic rings. The fourth-order valence-electron chi connectivity index (χ4n) is 9.04. The van der Waals surface area contributed by atoms with Gasteiger partial charge in [-0.3, -0.25) is 0 Å². The number of hydrogen-bond donors (Lipinski definition) is 5. The molecule has 0 fully saturated rings. The Hall–Kier alpha value is -8.42. The van der Waals surface area contributed by atoms with Crippen LogP contribution >= 0.6 is 0 Å². The minimum Gasteiger partial charge on any atom is -0.503 e. The van der Waals surface area contributed by atoms with Crippen LogP contribution in [0.5, 0.6) is 28.7 Å². The molecular weight excluding hydrogens is 793 g/mol. The fraction of sp³-hybridized carbons (Fsp3) is 0.0526. The standard InChI is InChI=1S/C57H44N2O5/c1-57(2)49-16-10-9-15-47(49)48-34-33-46(35-50(48)57)59(51-52(60)54(62)56(64)55(63)53(51)61)45-31-23-41(24-32-45)40-21-29-44(30-22-40)58(42-25-17-38(18-26-42)36-11-5-3-6-12-36)43-27-19-39(20-28-43)37-13-7-4-8-14-37/h3-35,60-64H,1-2H3. The smallest absolute Gasteiger partial charge is 0.208 e. The van der Waals surface area contributed by atoms with E-state index in [-0.39, 0.29) is 11.1 Å². The van der Waals surface area contributed by atoms with Crippen molar-refractivity contribution in [3.8, 4) is 73.3 Å². The number of phenols is 5. The van der Waals surface area contributed by atoms with Crippen LogP contribution in [0.1, 0.15) is 25.0 Å². The number of rotatable bonds is 9. The molecule has 0 aliphatic heterocycles. The maximum absolute atomic E-state index is 11.3. The van der Waals surface area contributed by atoms with E-state index in [4.69, 9.17) is 0 Å². The van der Waals surface area contributed by atoms with Gasteiger partial charge < -0.3 is 35.3 Å². The molecule has 0 bridgehead atoms. The van der Waals surface area contributed by atoms with Crippen molar-refractivity contribution in [3.63, 3.8) is 0 Å². The maximum Gasteiger partial charge on any atom is 0.208 e. The molecule has 10 rings (SSSR count). The molecule has 5 N–H and O–H groups in total. The third-order valence-electron chi connectivity index (χ3n) is 12.4. The summed E-state index contributed by atoms with van der Waals surface area (Å²) in [5.41, 5.74) is 14.3. The molecule has 1 aliphatic carbocycles. The average molecular weight is 837 g/mol. The van der Waals surface area contributed by atoms with E-state index in [1.165, 1.54) is 5.56 Å². The number of benzene rings is 9. The summed E-state index contributed by atoms with van der Waals surface area (Å²) in [4.78, 5) is 3.81. The zero-order valence-electron chi connectivity index (χ0n) is 35.2. The molecule has 0 saturated carbocycles. The second kappa shape index (κ2) is 15.8. The van der Waals surface area contributed by atoms with Crippen LogP contribution in [0.2, 0.25) is 0 Å². The summed E-state index contributed by atoms with van der Waals surface area (Å²) >= 11 is 0. The summed E-state index contributed by atoms with van der Waals surface area (Å²) in [6.45, 7) is 4.31. The van der Waals surface area contributed by atoms with Crippen LogP contribution in [-0.2, 0) is 5.41 Å². The third kappa shape index (κ3) is 6.80.